The normalized spacial score (nSPS) is 12.8. The van der Waals surface area contributed by atoms with Gasteiger partial charge in [-0.05, 0) is 36.4 Å². The number of nitrogens with zero attached hydrogens (tertiary/aromatic N) is 2. The summed E-state index contributed by atoms with van der Waals surface area (Å²) >= 11 is 0. The molecule has 3 aromatic rings. The van der Waals surface area contributed by atoms with Crippen molar-refractivity contribution in [2.45, 2.75) is 6.42 Å². The minimum absolute atomic E-state index is 0.600. The van der Waals surface area contributed by atoms with Crippen molar-refractivity contribution in [2.75, 3.05) is 43.6 Å². The summed E-state index contributed by atoms with van der Waals surface area (Å²) in [5.74, 6) is 1.67. The maximum Gasteiger partial charge on any atom is 0.137 e. The molecular weight excluding hydrogens is 350 g/mol. The fourth-order valence-electron chi connectivity index (χ4n) is 3.24. The lowest BCUT2D eigenvalue weighted by Crippen LogP contribution is -2.30. The molecule has 28 heavy (non-hydrogen) atoms. The molecule has 5 heteroatoms. The fourth-order valence-corrected chi connectivity index (χ4v) is 3.24. The Morgan fingerprint density at radius 2 is 1.79 bits per heavy atom. The molecule has 0 atom stereocenters. The van der Waals surface area contributed by atoms with Gasteiger partial charge in [-0.3, -0.25) is 4.98 Å². The van der Waals surface area contributed by atoms with Gasteiger partial charge in [-0.25, -0.2) is 0 Å². The Morgan fingerprint density at radius 1 is 0.964 bits per heavy atom. The van der Waals surface area contributed by atoms with Crippen molar-refractivity contribution in [3.63, 3.8) is 0 Å². The third-order valence-electron chi connectivity index (χ3n) is 4.77. The molecule has 0 fully saturated rings. The van der Waals surface area contributed by atoms with E-state index in [9.17, 15) is 0 Å². The van der Waals surface area contributed by atoms with Crippen molar-refractivity contribution in [1.29, 1.82) is 0 Å². The van der Waals surface area contributed by atoms with Crippen molar-refractivity contribution in [3.05, 3.63) is 66.9 Å². The molecule has 0 aliphatic carbocycles. The number of nitrogens with one attached hydrogen (secondary N) is 1. The summed E-state index contributed by atoms with van der Waals surface area (Å²) in [6, 6.07) is 20.2. The van der Waals surface area contributed by atoms with E-state index >= 15 is 0 Å². The zero-order valence-electron chi connectivity index (χ0n) is 16.1. The Kier molecular flexibility index (Phi) is 5.61. The minimum atomic E-state index is 0.600. The first-order valence-corrected chi connectivity index (χ1v) is 9.66. The molecule has 1 aromatic heterocycles. The quantitative estimate of drug-likeness (QED) is 0.618. The number of rotatable bonds is 7. The number of benzene rings is 2. The van der Waals surface area contributed by atoms with Crippen LogP contribution in [0.15, 0.2) is 66.9 Å². The van der Waals surface area contributed by atoms with Gasteiger partial charge < -0.3 is 19.7 Å². The van der Waals surface area contributed by atoms with Gasteiger partial charge in [0, 0.05) is 32.1 Å². The summed E-state index contributed by atoms with van der Waals surface area (Å²) in [7, 11) is 2.12. The molecule has 0 bridgehead atoms. The van der Waals surface area contributed by atoms with E-state index in [0.29, 0.717) is 13.2 Å². The van der Waals surface area contributed by atoms with E-state index in [2.05, 4.69) is 40.4 Å². The number of aromatic nitrogens is 1. The second-order valence-electron chi connectivity index (χ2n) is 6.82. The average molecular weight is 375 g/mol. The Balaban J connectivity index is 1.29. The molecule has 0 spiro atoms. The van der Waals surface area contributed by atoms with E-state index in [4.69, 9.17) is 9.47 Å². The molecule has 0 unspecified atom stereocenters. The van der Waals surface area contributed by atoms with Crippen LogP contribution in [0.3, 0.4) is 0 Å². The number of pyridine rings is 1. The van der Waals surface area contributed by atoms with Crippen molar-refractivity contribution in [1.82, 2.24) is 4.98 Å². The van der Waals surface area contributed by atoms with Crippen LogP contribution < -0.4 is 19.7 Å². The Labute approximate surface area is 165 Å². The standard InChI is InChI=1S/C23H25N3O2/c1-26-13-12-24-22-16-18(8-11-23(22)26)21-10-9-20(17-25-21)28-15-5-14-27-19-6-3-2-4-7-19/h2-4,6-11,16-17,24H,5,12-15H2,1H3. The lowest BCUT2D eigenvalue weighted by molar-refractivity contribution is 0.247. The fraction of sp³-hybridized carbons (Fsp3) is 0.261. The number of anilines is 2. The van der Waals surface area contributed by atoms with E-state index in [1.165, 1.54) is 5.69 Å². The number of fused-ring (bicyclic) bond motifs is 1. The lowest BCUT2D eigenvalue weighted by Gasteiger charge is -2.28. The molecule has 144 valence electrons. The number of likely N-dealkylation sites (N-methyl/N-ethyl adjacent to an activating group) is 1. The van der Waals surface area contributed by atoms with Gasteiger partial charge in [0.15, 0.2) is 0 Å². The maximum absolute atomic E-state index is 5.78. The summed E-state index contributed by atoms with van der Waals surface area (Å²) in [6.07, 6.45) is 2.60. The molecule has 0 radical (unpaired) electrons. The molecule has 1 N–H and O–H groups in total. The molecule has 4 rings (SSSR count). The highest BCUT2D eigenvalue weighted by molar-refractivity contribution is 5.78. The van der Waals surface area contributed by atoms with Crippen LogP contribution >= 0.6 is 0 Å². The van der Waals surface area contributed by atoms with Crippen molar-refractivity contribution < 1.29 is 9.47 Å². The number of hydrogen-bond acceptors (Lipinski definition) is 5. The highest BCUT2D eigenvalue weighted by Gasteiger charge is 2.14. The summed E-state index contributed by atoms with van der Waals surface area (Å²) in [5.41, 5.74) is 4.43. The van der Waals surface area contributed by atoms with Gasteiger partial charge in [-0.1, -0.05) is 24.3 Å². The molecule has 0 saturated heterocycles. The molecule has 5 nitrogen and oxygen atoms in total. The van der Waals surface area contributed by atoms with Gasteiger partial charge in [-0.2, -0.15) is 0 Å². The van der Waals surface area contributed by atoms with Crippen molar-refractivity contribution >= 4 is 11.4 Å². The molecule has 0 saturated carbocycles. The zero-order chi connectivity index (χ0) is 19.2. The van der Waals surface area contributed by atoms with E-state index < -0.39 is 0 Å². The highest BCUT2D eigenvalue weighted by atomic mass is 16.5. The second-order valence-corrected chi connectivity index (χ2v) is 6.82. The third kappa shape index (κ3) is 4.36. The summed E-state index contributed by atoms with van der Waals surface area (Å²) in [6.45, 7) is 3.21. The van der Waals surface area contributed by atoms with Crippen molar-refractivity contribution in [2.24, 2.45) is 0 Å². The molecule has 2 heterocycles. The van der Waals surface area contributed by atoms with Gasteiger partial charge in [0.25, 0.3) is 0 Å². The van der Waals surface area contributed by atoms with Crippen LogP contribution in [0.1, 0.15) is 6.42 Å². The third-order valence-corrected chi connectivity index (χ3v) is 4.77. The second kappa shape index (κ2) is 8.65. The van der Waals surface area contributed by atoms with Crippen molar-refractivity contribution in [3.8, 4) is 22.8 Å². The Morgan fingerprint density at radius 3 is 2.57 bits per heavy atom. The predicted octanol–water partition coefficient (Wildman–Crippen LogP) is 4.46. The van der Waals surface area contributed by atoms with Gasteiger partial charge in [0.1, 0.15) is 11.5 Å². The SMILES string of the molecule is CN1CCNc2cc(-c3ccc(OCCCOc4ccccc4)cn3)ccc21. The first-order chi connectivity index (χ1) is 13.8. The van der Waals surface area contributed by atoms with Crippen LogP contribution in [-0.2, 0) is 0 Å². The van der Waals surface area contributed by atoms with E-state index in [1.807, 2.05) is 42.5 Å². The van der Waals surface area contributed by atoms with E-state index in [0.717, 1.165) is 48.0 Å². The smallest absolute Gasteiger partial charge is 0.137 e. The van der Waals surface area contributed by atoms with Crippen LogP contribution in [-0.4, -0.2) is 38.3 Å². The first-order valence-electron chi connectivity index (χ1n) is 9.66. The lowest BCUT2D eigenvalue weighted by atomic mass is 10.1. The Bertz CT molecular complexity index is 897. The number of ether oxygens (including phenoxy) is 2. The predicted molar refractivity (Wildman–Crippen MR) is 113 cm³/mol. The van der Waals surface area contributed by atoms with Crippen LogP contribution in [0.4, 0.5) is 11.4 Å². The molecule has 1 aliphatic heterocycles. The highest BCUT2D eigenvalue weighted by Crippen LogP contribution is 2.32. The van der Waals surface area contributed by atoms with Crippen LogP contribution in [0.25, 0.3) is 11.3 Å². The molecular formula is C23H25N3O2. The van der Waals surface area contributed by atoms with Gasteiger partial charge in [0.2, 0.25) is 0 Å². The molecule has 2 aromatic carbocycles. The summed E-state index contributed by atoms with van der Waals surface area (Å²) in [4.78, 5) is 6.83. The van der Waals surface area contributed by atoms with Gasteiger partial charge in [-0.15, -0.1) is 0 Å². The van der Waals surface area contributed by atoms with E-state index in [-0.39, 0.29) is 0 Å². The number of para-hydroxylation sites is 1. The molecule has 1 aliphatic rings. The largest absolute Gasteiger partial charge is 0.493 e. The number of hydrogen-bond donors (Lipinski definition) is 1. The zero-order valence-corrected chi connectivity index (χ0v) is 16.1. The summed E-state index contributed by atoms with van der Waals surface area (Å²) in [5, 5.41) is 3.46. The minimum Gasteiger partial charge on any atom is -0.493 e. The topological polar surface area (TPSA) is 46.6 Å². The molecule has 0 amide bonds. The average Bonchev–Trinajstić information content (AvgIpc) is 2.75. The maximum atomic E-state index is 5.78. The first kappa shape index (κ1) is 18.2. The monoisotopic (exact) mass is 375 g/mol. The van der Waals surface area contributed by atoms with Crippen LogP contribution in [0, 0.1) is 0 Å². The van der Waals surface area contributed by atoms with Crippen LogP contribution in [0.2, 0.25) is 0 Å². The summed E-state index contributed by atoms with van der Waals surface area (Å²) < 4.78 is 11.4. The van der Waals surface area contributed by atoms with Gasteiger partial charge in [0.05, 0.1) is 36.5 Å². The Hall–Kier alpha value is -3.21. The van der Waals surface area contributed by atoms with Crippen LogP contribution in [0.5, 0.6) is 11.5 Å². The van der Waals surface area contributed by atoms with Gasteiger partial charge >= 0.3 is 0 Å². The van der Waals surface area contributed by atoms with E-state index in [1.54, 1.807) is 6.20 Å².